The third-order valence-corrected chi connectivity index (χ3v) is 6.04. The van der Waals surface area contributed by atoms with Gasteiger partial charge in [-0.2, -0.15) is 0 Å². The maximum absolute atomic E-state index is 12.7. The lowest BCUT2D eigenvalue weighted by Crippen LogP contribution is -2.52. The van der Waals surface area contributed by atoms with E-state index >= 15 is 0 Å². The summed E-state index contributed by atoms with van der Waals surface area (Å²) in [4.78, 5) is 28.6. The molecule has 0 radical (unpaired) electrons. The van der Waals surface area contributed by atoms with Gasteiger partial charge in [-0.3, -0.25) is 9.59 Å². The van der Waals surface area contributed by atoms with E-state index in [0.717, 1.165) is 38.6 Å². The smallest absolute Gasteiger partial charge is 0.257 e. The van der Waals surface area contributed by atoms with Crippen molar-refractivity contribution in [3.05, 3.63) is 23.8 Å². The second-order valence-corrected chi connectivity index (χ2v) is 7.72. The van der Waals surface area contributed by atoms with Gasteiger partial charge in [-0.15, -0.1) is 0 Å². The van der Waals surface area contributed by atoms with E-state index in [2.05, 4.69) is 4.90 Å². The van der Waals surface area contributed by atoms with Crippen LogP contribution in [0, 0.1) is 5.41 Å². The highest BCUT2D eigenvalue weighted by Crippen LogP contribution is 2.43. The fraction of sp³-hybridized carbons (Fsp3) is 0.579. The van der Waals surface area contributed by atoms with E-state index in [4.69, 9.17) is 0 Å². The van der Waals surface area contributed by atoms with Gasteiger partial charge in [0.1, 0.15) is 0 Å². The van der Waals surface area contributed by atoms with Crippen LogP contribution in [-0.2, 0) is 4.79 Å². The first-order chi connectivity index (χ1) is 12.0. The van der Waals surface area contributed by atoms with Gasteiger partial charge >= 0.3 is 0 Å². The van der Waals surface area contributed by atoms with Crippen LogP contribution in [-0.4, -0.2) is 57.5 Å². The molecule has 0 atom stereocenters. The summed E-state index contributed by atoms with van der Waals surface area (Å²) >= 11 is 0. The largest absolute Gasteiger partial charge is 0.504 e. The standard InChI is InChI=1S/C19H24N2O4/c22-15-3-1-2-14(17(15)24)18(25)20-10-8-19(9-11-20)7-6-16(23)21(12-19)13-4-5-13/h1-3,13,22,24H,4-12H2. The minimum atomic E-state index is -0.351. The molecule has 2 amide bonds. The Morgan fingerprint density at radius 3 is 2.52 bits per heavy atom. The maximum atomic E-state index is 12.7. The summed E-state index contributed by atoms with van der Waals surface area (Å²) < 4.78 is 0. The number of hydrogen-bond acceptors (Lipinski definition) is 4. The van der Waals surface area contributed by atoms with E-state index < -0.39 is 0 Å². The van der Waals surface area contributed by atoms with Gasteiger partial charge in [0.05, 0.1) is 5.56 Å². The summed E-state index contributed by atoms with van der Waals surface area (Å²) in [6, 6.07) is 4.92. The molecule has 134 valence electrons. The van der Waals surface area contributed by atoms with Crippen LogP contribution in [0.25, 0.3) is 0 Å². The van der Waals surface area contributed by atoms with E-state index in [1.54, 1.807) is 11.0 Å². The molecule has 2 heterocycles. The average Bonchev–Trinajstić information content (AvgIpc) is 3.45. The fourth-order valence-corrected chi connectivity index (χ4v) is 4.23. The second-order valence-electron chi connectivity index (χ2n) is 7.72. The first kappa shape index (κ1) is 16.2. The van der Waals surface area contributed by atoms with E-state index in [1.807, 2.05) is 0 Å². The number of nitrogens with zero attached hydrogens (tertiary/aromatic N) is 2. The number of aromatic hydroxyl groups is 2. The third kappa shape index (κ3) is 2.94. The third-order valence-electron chi connectivity index (χ3n) is 6.04. The minimum Gasteiger partial charge on any atom is -0.504 e. The molecule has 0 bridgehead atoms. The number of para-hydroxylation sites is 1. The van der Waals surface area contributed by atoms with Gasteiger partial charge in [0.25, 0.3) is 5.91 Å². The van der Waals surface area contributed by atoms with Crippen molar-refractivity contribution in [1.29, 1.82) is 0 Å². The molecule has 1 saturated carbocycles. The summed E-state index contributed by atoms with van der Waals surface area (Å²) in [5.41, 5.74) is 0.281. The Hall–Kier alpha value is -2.24. The van der Waals surface area contributed by atoms with Crippen LogP contribution in [0.1, 0.15) is 48.9 Å². The molecule has 25 heavy (non-hydrogen) atoms. The Bertz CT molecular complexity index is 705. The number of benzene rings is 1. The van der Waals surface area contributed by atoms with Gasteiger partial charge in [0.15, 0.2) is 11.5 Å². The lowest BCUT2D eigenvalue weighted by molar-refractivity contribution is -0.139. The molecule has 0 unspecified atom stereocenters. The van der Waals surface area contributed by atoms with Crippen LogP contribution in [0.15, 0.2) is 18.2 Å². The lowest BCUT2D eigenvalue weighted by Gasteiger charge is -2.47. The van der Waals surface area contributed by atoms with Crippen molar-refractivity contribution in [2.45, 2.75) is 44.6 Å². The van der Waals surface area contributed by atoms with Crippen molar-refractivity contribution in [3.8, 4) is 11.5 Å². The molecule has 0 aromatic heterocycles. The van der Waals surface area contributed by atoms with Crippen LogP contribution in [0.3, 0.4) is 0 Å². The van der Waals surface area contributed by atoms with Gasteiger partial charge in [0, 0.05) is 32.1 Å². The van der Waals surface area contributed by atoms with Gasteiger partial charge in [-0.25, -0.2) is 0 Å². The van der Waals surface area contributed by atoms with Crippen LogP contribution in [0.4, 0.5) is 0 Å². The number of carbonyl (C=O) groups is 2. The normalized spacial score (nSPS) is 23.1. The molecule has 1 aromatic rings. The number of piperidine rings is 2. The molecular formula is C19H24N2O4. The number of hydrogen-bond donors (Lipinski definition) is 2. The van der Waals surface area contributed by atoms with Crippen LogP contribution < -0.4 is 0 Å². The van der Waals surface area contributed by atoms with Gasteiger partial charge in [-0.1, -0.05) is 6.07 Å². The summed E-state index contributed by atoms with van der Waals surface area (Å²) in [5.74, 6) is -0.577. The summed E-state index contributed by atoms with van der Waals surface area (Å²) in [6.45, 7) is 2.08. The molecule has 2 aliphatic heterocycles. The second kappa shape index (κ2) is 5.93. The van der Waals surface area contributed by atoms with Crippen molar-refractivity contribution in [1.82, 2.24) is 9.80 Å². The number of amides is 2. The molecule has 1 spiro atoms. The highest BCUT2D eigenvalue weighted by molar-refractivity contribution is 5.97. The highest BCUT2D eigenvalue weighted by atomic mass is 16.3. The molecule has 2 N–H and O–H groups in total. The molecular weight excluding hydrogens is 320 g/mol. The Morgan fingerprint density at radius 2 is 1.84 bits per heavy atom. The molecule has 3 aliphatic rings. The summed E-state index contributed by atoms with van der Waals surface area (Å²) in [5, 5.41) is 19.5. The molecule has 2 saturated heterocycles. The molecule has 3 fully saturated rings. The molecule has 4 rings (SSSR count). The Balaban J connectivity index is 1.43. The van der Waals surface area contributed by atoms with Crippen molar-refractivity contribution in [2.75, 3.05) is 19.6 Å². The fourth-order valence-electron chi connectivity index (χ4n) is 4.23. The summed E-state index contributed by atoms with van der Waals surface area (Å²) in [6.07, 6.45) is 5.56. The van der Waals surface area contributed by atoms with Crippen molar-refractivity contribution in [2.24, 2.45) is 5.41 Å². The minimum absolute atomic E-state index is 0.133. The monoisotopic (exact) mass is 344 g/mol. The quantitative estimate of drug-likeness (QED) is 0.805. The Morgan fingerprint density at radius 1 is 1.12 bits per heavy atom. The van der Waals surface area contributed by atoms with E-state index in [0.29, 0.717) is 25.6 Å². The highest BCUT2D eigenvalue weighted by Gasteiger charge is 2.45. The van der Waals surface area contributed by atoms with Gasteiger partial charge < -0.3 is 20.0 Å². The Labute approximate surface area is 147 Å². The number of rotatable bonds is 2. The SMILES string of the molecule is O=C(c1cccc(O)c1O)N1CCC2(CCC(=O)N(C3CC3)C2)CC1. The first-order valence-corrected chi connectivity index (χ1v) is 9.09. The maximum Gasteiger partial charge on any atom is 0.257 e. The lowest BCUT2D eigenvalue weighted by atomic mass is 9.72. The van der Waals surface area contributed by atoms with Gasteiger partial charge in [-0.05, 0) is 49.7 Å². The van der Waals surface area contributed by atoms with Crippen LogP contribution in [0.5, 0.6) is 11.5 Å². The van der Waals surface area contributed by atoms with Crippen LogP contribution in [0.2, 0.25) is 0 Å². The van der Waals surface area contributed by atoms with Crippen molar-refractivity contribution in [3.63, 3.8) is 0 Å². The van der Waals surface area contributed by atoms with E-state index in [-0.39, 0.29) is 34.3 Å². The van der Waals surface area contributed by atoms with Gasteiger partial charge in [0.2, 0.25) is 5.91 Å². The van der Waals surface area contributed by atoms with Crippen molar-refractivity contribution >= 4 is 11.8 Å². The van der Waals surface area contributed by atoms with Crippen LogP contribution >= 0.6 is 0 Å². The number of carbonyl (C=O) groups excluding carboxylic acids is 2. The average molecular weight is 344 g/mol. The van der Waals surface area contributed by atoms with E-state index in [1.165, 1.54) is 12.1 Å². The topological polar surface area (TPSA) is 81.1 Å². The molecule has 6 heteroatoms. The predicted octanol–water partition coefficient (Wildman–Crippen LogP) is 2.10. The number of phenols is 2. The van der Waals surface area contributed by atoms with Crippen molar-refractivity contribution < 1.29 is 19.8 Å². The Kier molecular flexibility index (Phi) is 3.85. The zero-order valence-electron chi connectivity index (χ0n) is 14.3. The van der Waals surface area contributed by atoms with E-state index in [9.17, 15) is 19.8 Å². The zero-order valence-corrected chi connectivity index (χ0v) is 14.3. The molecule has 6 nitrogen and oxygen atoms in total. The molecule has 1 aliphatic carbocycles. The number of likely N-dealkylation sites (tertiary alicyclic amines) is 2. The molecule has 1 aromatic carbocycles. The zero-order chi connectivity index (χ0) is 17.6. The number of phenolic OH excluding ortho intramolecular Hbond substituents is 2. The summed E-state index contributed by atoms with van der Waals surface area (Å²) in [7, 11) is 0. The predicted molar refractivity (Wildman–Crippen MR) is 91.3 cm³/mol. The first-order valence-electron chi connectivity index (χ1n) is 9.09.